The average Bonchev–Trinajstić information content (AvgIpc) is 3.18. The third-order valence-electron chi connectivity index (χ3n) is 9.31. The van der Waals surface area contributed by atoms with E-state index >= 15 is 0 Å². The zero-order chi connectivity index (χ0) is 17.6. The predicted octanol–water partition coefficient (Wildman–Crippen LogP) is 3.75. The first-order valence-corrected chi connectivity index (χ1v) is 10.3. The largest absolute Gasteiger partial charge is 0.390 e. The zero-order valence-electron chi connectivity index (χ0n) is 15.9. The molecule has 1 spiro atoms. The van der Waals surface area contributed by atoms with Crippen molar-refractivity contribution in [3.05, 3.63) is 11.6 Å². The highest BCUT2D eigenvalue weighted by Crippen LogP contribution is 2.84. The first-order valence-electron chi connectivity index (χ1n) is 10.3. The Labute approximate surface area is 151 Å². The lowest BCUT2D eigenvalue weighted by Crippen LogP contribution is -2.59. The number of ketones is 1. The van der Waals surface area contributed by atoms with Crippen molar-refractivity contribution in [2.75, 3.05) is 13.7 Å². The van der Waals surface area contributed by atoms with Crippen LogP contribution in [0.3, 0.4) is 0 Å². The molecule has 25 heavy (non-hydrogen) atoms. The molecule has 0 saturated heterocycles. The van der Waals surface area contributed by atoms with Gasteiger partial charge in [-0.1, -0.05) is 12.5 Å². The topological polar surface area (TPSA) is 46.5 Å². The van der Waals surface area contributed by atoms with E-state index in [1.807, 2.05) is 13.2 Å². The van der Waals surface area contributed by atoms with Gasteiger partial charge in [0.25, 0.3) is 0 Å². The Bertz CT molecular complexity index is 650. The summed E-state index contributed by atoms with van der Waals surface area (Å²) in [6.07, 6.45) is 9.40. The molecule has 8 atom stereocenters. The maximum atomic E-state index is 11.9. The minimum absolute atomic E-state index is 0.268. The molecule has 1 N–H and O–H groups in total. The summed E-state index contributed by atoms with van der Waals surface area (Å²) in [5.74, 6) is 3.23. The highest BCUT2D eigenvalue weighted by molar-refractivity contribution is 5.91. The molecule has 5 aliphatic carbocycles. The van der Waals surface area contributed by atoms with Crippen molar-refractivity contribution in [1.82, 2.24) is 0 Å². The number of ether oxygens (including phenoxy) is 1. The van der Waals surface area contributed by atoms with Gasteiger partial charge in [-0.2, -0.15) is 0 Å². The summed E-state index contributed by atoms with van der Waals surface area (Å²) in [5.41, 5.74) is 1.24. The number of hydrogen-bond donors (Lipinski definition) is 1. The summed E-state index contributed by atoms with van der Waals surface area (Å²) in [7, 11) is 1.83. The van der Waals surface area contributed by atoms with Crippen molar-refractivity contribution in [2.24, 2.45) is 40.4 Å². The van der Waals surface area contributed by atoms with Gasteiger partial charge in [-0.3, -0.25) is 4.79 Å². The normalized spacial score (nSPS) is 56.4. The van der Waals surface area contributed by atoms with E-state index in [-0.39, 0.29) is 5.78 Å². The van der Waals surface area contributed by atoms with E-state index in [9.17, 15) is 9.90 Å². The Morgan fingerprint density at radius 1 is 1.32 bits per heavy atom. The van der Waals surface area contributed by atoms with Crippen LogP contribution in [0.2, 0.25) is 0 Å². The van der Waals surface area contributed by atoms with Crippen molar-refractivity contribution in [1.29, 1.82) is 0 Å². The second kappa shape index (κ2) is 4.98. The summed E-state index contributed by atoms with van der Waals surface area (Å²) >= 11 is 0. The van der Waals surface area contributed by atoms with Gasteiger partial charge in [0.2, 0.25) is 0 Å². The molecule has 5 rings (SSSR count). The van der Waals surface area contributed by atoms with Crippen LogP contribution in [0.15, 0.2) is 11.6 Å². The summed E-state index contributed by atoms with van der Waals surface area (Å²) in [5, 5.41) is 11.6. The van der Waals surface area contributed by atoms with E-state index in [1.54, 1.807) is 0 Å². The van der Waals surface area contributed by atoms with E-state index in [4.69, 9.17) is 4.74 Å². The minimum Gasteiger partial charge on any atom is -0.390 e. The number of carbonyl (C=O) groups is 1. The number of fused-ring (bicyclic) bond motifs is 3. The monoisotopic (exact) mass is 344 g/mol. The van der Waals surface area contributed by atoms with Crippen LogP contribution >= 0.6 is 0 Å². The predicted molar refractivity (Wildman–Crippen MR) is 95.9 cm³/mol. The molecule has 3 heteroatoms. The van der Waals surface area contributed by atoms with Crippen LogP contribution in [0.5, 0.6) is 0 Å². The van der Waals surface area contributed by atoms with E-state index in [1.165, 1.54) is 31.3 Å². The van der Waals surface area contributed by atoms with E-state index in [0.717, 1.165) is 18.9 Å². The molecule has 0 unspecified atom stereocenters. The zero-order valence-corrected chi connectivity index (χ0v) is 15.9. The third-order valence-corrected chi connectivity index (χ3v) is 9.31. The van der Waals surface area contributed by atoms with Crippen molar-refractivity contribution in [3.8, 4) is 0 Å². The Kier molecular flexibility index (Phi) is 3.29. The second-order valence-corrected chi connectivity index (χ2v) is 10.3. The molecule has 0 aliphatic heterocycles. The second-order valence-electron chi connectivity index (χ2n) is 10.3. The van der Waals surface area contributed by atoms with Gasteiger partial charge in [-0.05, 0) is 91.9 Å². The van der Waals surface area contributed by atoms with Gasteiger partial charge in [0, 0.05) is 20.1 Å². The number of aliphatic hydroxyl groups is 1. The third kappa shape index (κ3) is 1.92. The maximum Gasteiger partial charge on any atom is 0.155 e. The summed E-state index contributed by atoms with van der Waals surface area (Å²) in [6.45, 7) is 5.45. The van der Waals surface area contributed by atoms with Crippen molar-refractivity contribution in [2.45, 2.75) is 64.4 Å². The molecule has 138 valence electrons. The van der Waals surface area contributed by atoms with Crippen LogP contribution in [-0.2, 0) is 9.53 Å². The van der Waals surface area contributed by atoms with Gasteiger partial charge in [-0.15, -0.1) is 0 Å². The van der Waals surface area contributed by atoms with Crippen molar-refractivity contribution in [3.63, 3.8) is 0 Å². The first kappa shape index (κ1) is 16.5. The highest BCUT2D eigenvalue weighted by Gasteiger charge is 2.79. The van der Waals surface area contributed by atoms with Crippen LogP contribution in [0, 0.1) is 40.4 Å². The van der Waals surface area contributed by atoms with E-state index in [2.05, 4.69) is 13.8 Å². The lowest BCUT2D eigenvalue weighted by Gasteiger charge is -2.60. The van der Waals surface area contributed by atoms with Crippen LogP contribution < -0.4 is 0 Å². The standard InChI is InChI=1S/C22H32O3/c1-20-7-6-18-17-5-4-16(23)8-13(17)10-21(2,24)19(18)22(20)11-14(22)9-15(20)12-25-3/h8,14-15,17-19,24H,4-7,9-12H2,1-3H3/t14-,15-,17+,18-,19+,20-,21+,22-/m1/s1. The molecule has 0 aromatic carbocycles. The van der Waals surface area contributed by atoms with Crippen LogP contribution in [-0.4, -0.2) is 30.2 Å². The van der Waals surface area contributed by atoms with Gasteiger partial charge >= 0.3 is 0 Å². The van der Waals surface area contributed by atoms with Gasteiger partial charge in [0.15, 0.2) is 5.78 Å². The Hall–Kier alpha value is -0.670. The Morgan fingerprint density at radius 3 is 2.88 bits per heavy atom. The molecule has 4 saturated carbocycles. The SMILES string of the molecule is COC[C@H]1C[C@@H]2C[C@]23[C@H]2[C@H](CC[C@]13C)[C@H]1CCC(=O)C=C1C[C@]2(C)O. The van der Waals surface area contributed by atoms with Crippen molar-refractivity contribution >= 4 is 5.78 Å². The molecule has 0 heterocycles. The van der Waals surface area contributed by atoms with E-state index in [0.29, 0.717) is 47.3 Å². The molecule has 5 aliphatic rings. The van der Waals surface area contributed by atoms with Gasteiger partial charge < -0.3 is 9.84 Å². The van der Waals surface area contributed by atoms with Crippen LogP contribution in [0.4, 0.5) is 0 Å². The molecule has 0 amide bonds. The van der Waals surface area contributed by atoms with Crippen LogP contribution in [0.1, 0.15) is 58.8 Å². The number of carbonyl (C=O) groups excluding carboxylic acids is 1. The summed E-state index contributed by atoms with van der Waals surface area (Å²) in [6, 6.07) is 0. The lowest BCUT2D eigenvalue weighted by atomic mass is 9.45. The minimum atomic E-state index is -0.664. The van der Waals surface area contributed by atoms with Gasteiger partial charge in [0.05, 0.1) is 5.60 Å². The fourth-order valence-electron chi connectivity index (χ4n) is 8.48. The van der Waals surface area contributed by atoms with Crippen LogP contribution in [0.25, 0.3) is 0 Å². The Morgan fingerprint density at radius 2 is 2.12 bits per heavy atom. The quantitative estimate of drug-likeness (QED) is 0.830. The lowest BCUT2D eigenvalue weighted by molar-refractivity contribution is -0.160. The number of rotatable bonds is 2. The fraction of sp³-hybridized carbons (Fsp3) is 0.864. The molecule has 0 aromatic heterocycles. The maximum absolute atomic E-state index is 11.9. The molecular formula is C22H32O3. The summed E-state index contributed by atoms with van der Waals surface area (Å²) in [4.78, 5) is 11.9. The molecular weight excluding hydrogens is 312 g/mol. The van der Waals surface area contributed by atoms with E-state index < -0.39 is 5.60 Å². The highest BCUT2D eigenvalue weighted by atomic mass is 16.5. The fourth-order valence-corrected chi connectivity index (χ4v) is 8.48. The Balaban J connectivity index is 1.56. The number of hydrogen-bond acceptors (Lipinski definition) is 3. The smallest absolute Gasteiger partial charge is 0.155 e. The van der Waals surface area contributed by atoms with Crippen molar-refractivity contribution < 1.29 is 14.6 Å². The molecule has 0 aromatic rings. The molecule has 0 radical (unpaired) electrons. The van der Waals surface area contributed by atoms with Gasteiger partial charge in [0.1, 0.15) is 0 Å². The number of methoxy groups -OCH3 is 1. The molecule has 0 bridgehead atoms. The first-order chi connectivity index (χ1) is 11.8. The van der Waals surface area contributed by atoms with Gasteiger partial charge in [-0.25, -0.2) is 0 Å². The summed E-state index contributed by atoms with van der Waals surface area (Å²) < 4.78 is 5.58. The molecule has 4 fully saturated rings. The average molecular weight is 344 g/mol. The molecule has 3 nitrogen and oxygen atoms in total.